The van der Waals surface area contributed by atoms with Crippen molar-refractivity contribution < 1.29 is 4.79 Å². The van der Waals surface area contributed by atoms with Crippen LogP contribution in [0.5, 0.6) is 0 Å². The average Bonchev–Trinajstić information content (AvgIpc) is 2.70. The van der Waals surface area contributed by atoms with Crippen LogP contribution in [0.25, 0.3) is 0 Å². The third-order valence-electron chi connectivity index (χ3n) is 3.13. The second-order valence-corrected chi connectivity index (χ2v) is 4.61. The normalized spacial score (nSPS) is 10.6. The molecule has 0 fully saturated rings. The van der Waals surface area contributed by atoms with Crippen LogP contribution in [-0.2, 0) is 24.7 Å². The van der Waals surface area contributed by atoms with Crippen molar-refractivity contribution in [2.75, 3.05) is 0 Å². The number of hydrogen-bond donors (Lipinski definition) is 0. The lowest BCUT2D eigenvalue weighted by molar-refractivity contribution is -0.117. The number of carbonyl (C=O) groups excluding carboxylic acids is 1. The van der Waals surface area contributed by atoms with E-state index < -0.39 is 0 Å². The van der Waals surface area contributed by atoms with Crippen LogP contribution < -0.4 is 0 Å². The molecule has 2 rings (SSSR count). The lowest BCUT2D eigenvalue weighted by Gasteiger charge is -2.05. The topological polar surface area (TPSA) is 47.8 Å². The second-order valence-electron chi connectivity index (χ2n) is 4.61. The first-order valence-electron chi connectivity index (χ1n) is 5.97. The molecule has 0 unspecified atom stereocenters. The van der Waals surface area contributed by atoms with Gasteiger partial charge in [0.15, 0.2) is 0 Å². The van der Waals surface area contributed by atoms with Gasteiger partial charge in [0.25, 0.3) is 0 Å². The Bertz CT molecular complexity index is 572. The van der Waals surface area contributed by atoms with Gasteiger partial charge >= 0.3 is 0 Å². The number of hydrogen-bond acceptors (Lipinski definition) is 3. The molecule has 0 aliphatic carbocycles. The Hall–Kier alpha value is -1.97. The maximum Gasteiger partial charge on any atom is 0.144 e. The molecular weight excluding hydrogens is 226 g/mol. The Labute approximate surface area is 107 Å². The van der Waals surface area contributed by atoms with E-state index in [1.807, 2.05) is 6.07 Å². The van der Waals surface area contributed by atoms with Crippen molar-refractivity contribution in [1.82, 2.24) is 14.8 Å². The lowest BCUT2D eigenvalue weighted by Crippen LogP contribution is -2.11. The van der Waals surface area contributed by atoms with Crippen molar-refractivity contribution in [2.24, 2.45) is 7.05 Å². The van der Waals surface area contributed by atoms with Gasteiger partial charge in [0.05, 0.1) is 6.42 Å². The Kier molecular flexibility index (Phi) is 3.55. The molecule has 18 heavy (non-hydrogen) atoms. The van der Waals surface area contributed by atoms with Gasteiger partial charge < -0.3 is 0 Å². The second kappa shape index (κ2) is 5.12. The first-order chi connectivity index (χ1) is 8.56. The maximum absolute atomic E-state index is 11.9. The molecule has 4 heteroatoms. The molecule has 0 aliphatic rings. The molecule has 1 aromatic heterocycles. The summed E-state index contributed by atoms with van der Waals surface area (Å²) in [5, 5.41) is 3.96. The summed E-state index contributed by atoms with van der Waals surface area (Å²) in [5.41, 5.74) is 3.53. The molecule has 0 saturated heterocycles. The molecule has 94 valence electrons. The van der Waals surface area contributed by atoms with Crippen LogP contribution in [0.2, 0.25) is 0 Å². The number of nitrogens with zero attached hydrogens (tertiary/aromatic N) is 3. The molecule has 0 spiro atoms. The molecule has 0 aliphatic heterocycles. The highest BCUT2D eigenvalue weighted by molar-refractivity contribution is 5.82. The van der Waals surface area contributed by atoms with Crippen molar-refractivity contribution in [3.8, 4) is 0 Å². The highest BCUT2D eigenvalue weighted by atomic mass is 16.1. The first kappa shape index (κ1) is 12.5. The minimum absolute atomic E-state index is 0.161. The summed E-state index contributed by atoms with van der Waals surface area (Å²) in [4.78, 5) is 16.0. The van der Waals surface area contributed by atoms with E-state index in [0.717, 1.165) is 5.56 Å². The van der Waals surface area contributed by atoms with E-state index in [0.29, 0.717) is 18.7 Å². The third kappa shape index (κ3) is 2.83. The van der Waals surface area contributed by atoms with Crippen molar-refractivity contribution in [1.29, 1.82) is 0 Å². The Morgan fingerprint density at radius 2 is 2.00 bits per heavy atom. The quantitative estimate of drug-likeness (QED) is 0.822. The predicted octanol–water partition coefficient (Wildman–Crippen LogP) is 1.79. The highest BCUT2D eigenvalue weighted by Crippen LogP contribution is 2.11. The lowest BCUT2D eigenvalue weighted by atomic mass is 10.0. The summed E-state index contributed by atoms with van der Waals surface area (Å²) < 4.78 is 1.64. The van der Waals surface area contributed by atoms with E-state index in [-0.39, 0.29) is 5.78 Å². The number of rotatable bonds is 4. The van der Waals surface area contributed by atoms with Gasteiger partial charge in [-0.15, -0.1) is 0 Å². The molecule has 1 aromatic carbocycles. The van der Waals surface area contributed by atoms with Gasteiger partial charge in [-0.3, -0.25) is 9.48 Å². The van der Waals surface area contributed by atoms with E-state index in [4.69, 9.17) is 0 Å². The fraction of sp³-hybridized carbons (Fsp3) is 0.357. The predicted molar refractivity (Wildman–Crippen MR) is 69.3 cm³/mol. The average molecular weight is 243 g/mol. The third-order valence-corrected chi connectivity index (χ3v) is 3.13. The van der Waals surface area contributed by atoms with Crippen molar-refractivity contribution >= 4 is 5.78 Å². The smallest absolute Gasteiger partial charge is 0.144 e. The number of Topliss-reactive ketones (excluding diaryl/α,β-unsaturated/α-hetero) is 1. The van der Waals surface area contributed by atoms with Gasteiger partial charge in [-0.25, -0.2) is 4.98 Å². The molecule has 2 aromatic rings. The molecule has 0 bridgehead atoms. The van der Waals surface area contributed by atoms with Crippen molar-refractivity contribution in [2.45, 2.75) is 26.7 Å². The molecule has 1 heterocycles. The summed E-state index contributed by atoms with van der Waals surface area (Å²) in [6, 6.07) is 6.14. The number of ketones is 1. The van der Waals surface area contributed by atoms with Crippen LogP contribution in [0.4, 0.5) is 0 Å². The minimum atomic E-state index is 0.161. The summed E-state index contributed by atoms with van der Waals surface area (Å²) >= 11 is 0. The van der Waals surface area contributed by atoms with Crippen LogP contribution in [0.1, 0.15) is 22.5 Å². The fourth-order valence-corrected chi connectivity index (χ4v) is 1.86. The van der Waals surface area contributed by atoms with Crippen LogP contribution in [-0.4, -0.2) is 20.5 Å². The van der Waals surface area contributed by atoms with Gasteiger partial charge in [-0.2, -0.15) is 5.10 Å². The Balaban J connectivity index is 2.03. The summed E-state index contributed by atoms with van der Waals surface area (Å²) in [6.45, 7) is 4.13. The van der Waals surface area contributed by atoms with E-state index in [2.05, 4.69) is 36.1 Å². The van der Waals surface area contributed by atoms with Gasteiger partial charge in [0.2, 0.25) is 0 Å². The zero-order valence-corrected chi connectivity index (χ0v) is 11.0. The number of carbonyl (C=O) groups is 1. The van der Waals surface area contributed by atoms with Gasteiger partial charge in [-0.05, 0) is 30.5 Å². The molecule has 0 N–H and O–H groups in total. The van der Waals surface area contributed by atoms with Gasteiger partial charge in [0.1, 0.15) is 17.9 Å². The zero-order valence-electron chi connectivity index (χ0n) is 11.0. The summed E-state index contributed by atoms with van der Waals surface area (Å²) in [5.74, 6) is 0.873. The standard InChI is InChI=1S/C14H17N3O/c1-10-4-5-12(6-11(10)2)7-13(18)8-14-15-9-16-17(14)3/h4-6,9H,7-8H2,1-3H3. The molecule has 0 radical (unpaired) electrons. The molecule has 0 saturated carbocycles. The SMILES string of the molecule is Cc1ccc(CC(=O)Cc2ncnn2C)cc1C. The van der Waals surface area contributed by atoms with Crippen LogP contribution in [0.15, 0.2) is 24.5 Å². The Morgan fingerprint density at radius 3 is 2.61 bits per heavy atom. The van der Waals surface area contributed by atoms with E-state index in [1.165, 1.54) is 17.5 Å². The molecular formula is C14H17N3O. The van der Waals surface area contributed by atoms with E-state index in [9.17, 15) is 4.79 Å². The molecule has 0 amide bonds. The number of aryl methyl sites for hydroxylation is 3. The van der Waals surface area contributed by atoms with Crippen LogP contribution in [0, 0.1) is 13.8 Å². The minimum Gasteiger partial charge on any atom is -0.299 e. The Morgan fingerprint density at radius 1 is 1.22 bits per heavy atom. The summed E-state index contributed by atoms with van der Waals surface area (Å²) in [6.07, 6.45) is 2.26. The fourth-order valence-electron chi connectivity index (χ4n) is 1.86. The zero-order chi connectivity index (χ0) is 13.1. The van der Waals surface area contributed by atoms with E-state index in [1.54, 1.807) is 11.7 Å². The van der Waals surface area contributed by atoms with Gasteiger partial charge in [-0.1, -0.05) is 18.2 Å². The number of benzene rings is 1. The van der Waals surface area contributed by atoms with E-state index >= 15 is 0 Å². The summed E-state index contributed by atoms with van der Waals surface area (Å²) in [7, 11) is 1.80. The van der Waals surface area contributed by atoms with Crippen molar-refractivity contribution in [3.63, 3.8) is 0 Å². The first-order valence-corrected chi connectivity index (χ1v) is 5.97. The number of aromatic nitrogens is 3. The largest absolute Gasteiger partial charge is 0.299 e. The van der Waals surface area contributed by atoms with Crippen LogP contribution >= 0.6 is 0 Å². The van der Waals surface area contributed by atoms with Crippen molar-refractivity contribution in [3.05, 3.63) is 47.0 Å². The molecule has 0 atom stereocenters. The maximum atomic E-state index is 11.9. The molecule has 4 nitrogen and oxygen atoms in total. The van der Waals surface area contributed by atoms with Crippen LogP contribution in [0.3, 0.4) is 0 Å². The highest BCUT2D eigenvalue weighted by Gasteiger charge is 2.09. The monoisotopic (exact) mass is 243 g/mol. The van der Waals surface area contributed by atoms with Gasteiger partial charge in [0, 0.05) is 13.5 Å².